The van der Waals surface area contributed by atoms with Crippen molar-refractivity contribution in [2.45, 2.75) is 0 Å². The first-order valence-corrected chi connectivity index (χ1v) is 3.01. The number of rotatable bonds is 2. The summed E-state index contributed by atoms with van der Waals surface area (Å²) in [6, 6.07) is 0. The summed E-state index contributed by atoms with van der Waals surface area (Å²) in [5, 5.41) is 14.9. The van der Waals surface area contributed by atoms with Gasteiger partial charge in [-0.3, -0.25) is 0 Å². The molecule has 1 aromatic rings. The third-order valence-corrected chi connectivity index (χ3v) is 1.10. The van der Waals surface area contributed by atoms with E-state index >= 15 is 0 Å². The molecule has 12 heavy (non-hydrogen) atoms. The Morgan fingerprint density at radius 1 is 1.58 bits per heavy atom. The maximum Gasteiger partial charge on any atom is 0.367 e. The summed E-state index contributed by atoms with van der Waals surface area (Å²) in [5.74, 6) is -1.15. The van der Waals surface area contributed by atoms with Gasteiger partial charge in [0.2, 0.25) is 0 Å². The molecule has 0 aliphatic rings. The maximum absolute atomic E-state index is 10.9. The first-order chi connectivity index (χ1) is 5.61. The minimum atomic E-state index is -1.15. The third kappa shape index (κ3) is 1.57. The number of carboxylic acids is 1. The number of carboxylic acid groups (broad SMARTS) is 1. The van der Waals surface area contributed by atoms with E-state index in [-0.39, 0.29) is 0 Å². The third-order valence-electron chi connectivity index (χ3n) is 1.10. The summed E-state index contributed by atoms with van der Waals surface area (Å²) in [6.07, 6.45) is 1.83. The quantitative estimate of drug-likeness (QED) is 0.547. The Hall–Kier alpha value is -1.92. The molecule has 0 aromatic carbocycles. The van der Waals surface area contributed by atoms with Crippen LogP contribution in [-0.2, 0) is 11.8 Å². The molecule has 0 aliphatic carbocycles. The molecule has 1 heterocycles. The second kappa shape index (κ2) is 2.99. The van der Waals surface area contributed by atoms with Crippen molar-refractivity contribution in [3.8, 4) is 0 Å². The Morgan fingerprint density at radius 2 is 2.25 bits per heavy atom. The van der Waals surface area contributed by atoms with Crippen LogP contribution in [0, 0.1) is 0 Å². The first-order valence-electron chi connectivity index (χ1n) is 3.01. The molecular formula is C5H6N4O3. The standard InChI is InChI=1S/C5H6N4O3/c1-8-5(12)9(7-6-8)3-2-4(10)11/h2-3H,1H3,(H,10,11). The molecule has 0 amide bonds. The number of hydrogen-bond acceptors (Lipinski definition) is 4. The average molecular weight is 170 g/mol. The Morgan fingerprint density at radius 3 is 2.67 bits per heavy atom. The Labute approximate surface area is 66.5 Å². The van der Waals surface area contributed by atoms with Crippen LogP contribution in [0.3, 0.4) is 0 Å². The van der Waals surface area contributed by atoms with Crippen molar-refractivity contribution in [3.05, 3.63) is 16.6 Å². The number of aryl methyl sites for hydroxylation is 1. The van der Waals surface area contributed by atoms with Gasteiger partial charge in [0.25, 0.3) is 0 Å². The molecule has 1 N–H and O–H groups in total. The van der Waals surface area contributed by atoms with E-state index in [4.69, 9.17) is 5.11 Å². The SMILES string of the molecule is Cn1nnn(C=CC(=O)O)c1=O. The molecule has 0 bridgehead atoms. The smallest absolute Gasteiger partial charge is 0.367 e. The lowest BCUT2D eigenvalue weighted by Crippen LogP contribution is -2.19. The Kier molecular flexibility index (Phi) is 2.04. The zero-order valence-corrected chi connectivity index (χ0v) is 6.21. The molecule has 64 valence electrons. The van der Waals surface area contributed by atoms with E-state index in [1.807, 2.05) is 0 Å². The molecule has 0 saturated heterocycles. The van der Waals surface area contributed by atoms with Crippen LogP contribution in [0.15, 0.2) is 10.9 Å². The van der Waals surface area contributed by atoms with Crippen LogP contribution in [0.25, 0.3) is 6.20 Å². The number of aliphatic carboxylic acids is 1. The van der Waals surface area contributed by atoms with E-state index < -0.39 is 11.7 Å². The monoisotopic (exact) mass is 170 g/mol. The highest BCUT2D eigenvalue weighted by molar-refractivity contribution is 5.82. The van der Waals surface area contributed by atoms with E-state index in [1.165, 1.54) is 7.05 Å². The van der Waals surface area contributed by atoms with Crippen LogP contribution in [0.4, 0.5) is 0 Å². The van der Waals surface area contributed by atoms with Crippen LogP contribution in [0.5, 0.6) is 0 Å². The normalized spacial score (nSPS) is 10.8. The molecule has 0 saturated carbocycles. The molecule has 0 spiro atoms. The van der Waals surface area contributed by atoms with Crippen molar-refractivity contribution in [1.82, 2.24) is 19.8 Å². The molecule has 7 nitrogen and oxygen atoms in total. The molecule has 1 aromatic heterocycles. The van der Waals surface area contributed by atoms with Crippen molar-refractivity contribution >= 4 is 12.2 Å². The maximum atomic E-state index is 10.9. The van der Waals surface area contributed by atoms with Gasteiger partial charge in [0.05, 0.1) is 0 Å². The fourth-order valence-electron chi connectivity index (χ4n) is 0.556. The second-order valence-corrected chi connectivity index (χ2v) is 1.98. The van der Waals surface area contributed by atoms with Gasteiger partial charge in [0.15, 0.2) is 0 Å². The predicted molar refractivity (Wildman–Crippen MR) is 38.2 cm³/mol. The predicted octanol–water partition coefficient (Wildman–Crippen LogP) is -1.47. The van der Waals surface area contributed by atoms with Crippen molar-refractivity contribution < 1.29 is 9.90 Å². The summed E-state index contributed by atoms with van der Waals surface area (Å²) in [6.45, 7) is 0. The van der Waals surface area contributed by atoms with Gasteiger partial charge >= 0.3 is 11.7 Å². The highest BCUT2D eigenvalue weighted by Gasteiger charge is 1.98. The lowest BCUT2D eigenvalue weighted by atomic mass is 10.6. The number of hydrogen-bond donors (Lipinski definition) is 1. The molecule has 0 radical (unpaired) electrons. The number of carbonyl (C=O) groups is 1. The molecule has 0 fully saturated rings. The first kappa shape index (κ1) is 8.18. The summed E-state index contributed by atoms with van der Waals surface area (Å²) >= 11 is 0. The molecule has 0 atom stereocenters. The van der Waals surface area contributed by atoms with Gasteiger partial charge in [-0.1, -0.05) is 0 Å². The Bertz CT molecular complexity index is 374. The van der Waals surface area contributed by atoms with E-state index in [0.29, 0.717) is 0 Å². The van der Waals surface area contributed by atoms with Crippen LogP contribution in [0.2, 0.25) is 0 Å². The van der Waals surface area contributed by atoms with Crippen LogP contribution < -0.4 is 5.69 Å². The van der Waals surface area contributed by atoms with E-state index in [0.717, 1.165) is 21.6 Å². The lowest BCUT2D eigenvalue weighted by molar-refractivity contribution is -0.131. The van der Waals surface area contributed by atoms with Gasteiger partial charge in [0.1, 0.15) is 0 Å². The summed E-state index contributed by atoms with van der Waals surface area (Å²) in [5.41, 5.74) is -0.493. The minimum absolute atomic E-state index is 0.493. The van der Waals surface area contributed by atoms with E-state index in [9.17, 15) is 9.59 Å². The second-order valence-electron chi connectivity index (χ2n) is 1.98. The van der Waals surface area contributed by atoms with Crippen LogP contribution >= 0.6 is 0 Å². The van der Waals surface area contributed by atoms with Crippen LogP contribution in [-0.4, -0.2) is 30.9 Å². The largest absolute Gasteiger partial charge is 0.478 e. The molecular weight excluding hydrogens is 164 g/mol. The zero-order chi connectivity index (χ0) is 9.14. The Balaban J connectivity index is 2.98. The van der Waals surface area contributed by atoms with Gasteiger partial charge in [-0.05, 0) is 10.4 Å². The van der Waals surface area contributed by atoms with Gasteiger partial charge < -0.3 is 5.11 Å². The summed E-state index contributed by atoms with van der Waals surface area (Å²) in [7, 11) is 1.42. The summed E-state index contributed by atoms with van der Waals surface area (Å²) in [4.78, 5) is 21.0. The minimum Gasteiger partial charge on any atom is -0.478 e. The molecule has 0 aliphatic heterocycles. The number of nitrogens with zero attached hydrogens (tertiary/aromatic N) is 4. The fraction of sp³-hybridized carbons (Fsp3) is 0.200. The highest BCUT2D eigenvalue weighted by atomic mass is 16.4. The van der Waals surface area contributed by atoms with Crippen molar-refractivity contribution in [2.75, 3.05) is 0 Å². The van der Waals surface area contributed by atoms with Gasteiger partial charge in [-0.15, -0.1) is 0 Å². The fourth-order valence-corrected chi connectivity index (χ4v) is 0.556. The highest BCUT2D eigenvalue weighted by Crippen LogP contribution is 1.75. The van der Waals surface area contributed by atoms with Crippen molar-refractivity contribution in [2.24, 2.45) is 7.05 Å². The van der Waals surface area contributed by atoms with Gasteiger partial charge in [-0.2, -0.15) is 9.36 Å². The van der Waals surface area contributed by atoms with Crippen LogP contribution in [0.1, 0.15) is 0 Å². The van der Waals surface area contributed by atoms with Gasteiger partial charge in [0, 0.05) is 19.3 Å². The van der Waals surface area contributed by atoms with Crippen molar-refractivity contribution in [3.63, 3.8) is 0 Å². The average Bonchev–Trinajstić information content (AvgIpc) is 2.30. The van der Waals surface area contributed by atoms with E-state index in [1.54, 1.807) is 0 Å². The number of aromatic nitrogens is 4. The number of tetrazole rings is 1. The lowest BCUT2D eigenvalue weighted by Gasteiger charge is -1.82. The molecule has 1 rings (SSSR count). The zero-order valence-electron chi connectivity index (χ0n) is 6.21. The van der Waals surface area contributed by atoms with E-state index in [2.05, 4.69) is 10.4 Å². The van der Waals surface area contributed by atoms with Gasteiger partial charge in [-0.25, -0.2) is 9.59 Å². The molecule has 0 unspecified atom stereocenters. The topological polar surface area (TPSA) is 90.0 Å². The summed E-state index contributed by atoms with van der Waals surface area (Å²) < 4.78 is 1.82. The molecule has 7 heteroatoms. The van der Waals surface area contributed by atoms with Crippen molar-refractivity contribution in [1.29, 1.82) is 0 Å².